The molecule has 0 aliphatic carbocycles. The SMILES string of the molecule is CCC[N+](CCC)(CCC)CCC.CS(=O)(=O)O. The first-order valence-electron chi connectivity index (χ1n) is 7.02. The van der Waals surface area contributed by atoms with E-state index in [0.717, 1.165) is 0 Å². The minimum atomic E-state index is -3.67. The van der Waals surface area contributed by atoms with E-state index in [4.69, 9.17) is 4.55 Å². The molecule has 0 rings (SSSR count). The average molecular weight is 282 g/mol. The second-order valence-electron chi connectivity index (χ2n) is 4.97. The van der Waals surface area contributed by atoms with Gasteiger partial charge in [0.05, 0.1) is 32.4 Å². The summed E-state index contributed by atoms with van der Waals surface area (Å²) in [7, 11) is -3.67. The zero-order chi connectivity index (χ0) is 14.7. The van der Waals surface area contributed by atoms with Crippen LogP contribution in [-0.2, 0) is 10.1 Å². The predicted octanol–water partition coefficient (Wildman–Crippen LogP) is 2.95. The molecule has 0 fully saturated rings. The molecule has 0 spiro atoms. The van der Waals surface area contributed by atoms with Gasteiger partial charge in [0, 0.05) is 0 Å². The van der Waals surface area contributed by atoms with Crippen LogP contribution in [-0.4, -0.2) is 49.9 Å². The lowest BCUT2D eigenvalue weighted by atomic mass is 10.2. The number of hydrogen-bond donors (Lipinski definition) is 1. The maximum Gasteiger partial charge on any atom is 0.261 e. The van der Waals surface area contributed by atoms with E-state index in [1.807, 2.05) is 0 Å². The second-order valence-corrected chi connectivity index (χ2v) is 6.44. The van der Waals surface area contributed by atoms with E-state index < -0.39 is 10.1 Å². The molecule has 5 heteroatoms. The third-order valence-corrected chi connectivity index (χ3v) is 2.79. The van der Waals surface area contributed by atoms with Gasteiger partial charge in [-0.2, -0.15) is 8.42 Å². The van der Waals surface area contributed by atoms with Crippen molar-refractivity contribution >= 4 is 10.1 Å². The fraction of sp³-hybridized carbons (Fsp3) is 1.00. The van der Waals surface area contributed by atoms with Gasteiger partial charge in [0.1, 0.15) is 0 Å². The van der Waals surface area contributed by atoms with E-state index in [1.54, 1.807) is 0 Å². The van der Waals surface area contributed by atoms with Crippen molar-refractivity contribution in [1.29, 1.82) is 0 Å². The number of rotatable bonds is 8. The smallest absolute Gasteiger partial charge is 0.261 e. The summed E-state index contributed by atoms with van der Waals surface area (Å²) >= 11 is 0. The molecule has 0 aromatic carbocycles. The Morgan fingerprint density at radius 3 is 1.06 bits per heavy atom. The molecule has 0 aromatic heterocycles. The van der Waals surface area contributed by atoms with Crippen molar-refractivity contribution < 1.29 is 17.5 Å². The summed E-state index contributed by atoms with van der Waals surface area (Å²) in [5.74, 6) is 0. The quantitative estimate of drug-likeness (QED) is 0.550. The Morgan fingerprint density at radius 2 is 0.944 bits per heavy atom. The summed E-state index contributed by atoms with van der Waals surface area (Å²) in [6.45, 7) is 14.8. The van der Waals surface area contributed by atoms with Crippen LogP contribution in [0.25, 0.3) is 0 Å². The molecule has 0 unspecified atom stereocenters. The molecule has 112 valence electrons. The van der Waals surface area contributed by atoms with Gasteiger partial charge >= 0.3 is 0 Å². The van der Waals surface area contributed by atoms with Gasteiger partial charge in [-0.05, 0) is 25.7 Å². The normalized spacial score (nSPS) is 11.9. The molecule has 0 saturated heterocycles. The molecule has 0 bridgehead atoms. The zero-order valence-electron chi connectivity index (χ0n) is 12.8. The maximum absolute atomic E-state index is 9.19. The molecule has 0 amide bonds. The first kappa shape index (κ1) is 20.2. The first-order valence-corrected chi connectivity index (χ1v) is 8.87. The molecule has 0 saturated carbocycles. The van der Waals surface area contributed by atoms with Gasteiger partial charge in [-0.3, -0.25) is 4.55 Å². The number of hydrogen-bond acceptors (Lipinski definition) is 2. The van der Waals surface area contributed by atoms with E-state index in [9.17, 15) is 8.42 Å². The van der Waals surface area contributed by atoms with Crippen LogP contribution < -0.4 is 0 Å². The Morgan fingerprint density at radius 1 is 0.778 bits per heavy atom. The van der Waals surface area contributed by atoms with Crippen LogP contribution in [0.1, 0.15) is 53.4 Å². The van der Waals surface area contributed by atoms with Crippen molar-refractivity contribution in [3.63, 3.8) is 0 Å². The summed E-state index contributed by atoms with van der Waals surface area (Å²) in [6.07, 6.45) is 6.05. The molecule has 1 N–H and O–H groups in total. The van der Waals surface area contributed by atoms with Gasteiger partial charge in [-0.1, -0.05) is 27.7 Å². The van der Waals surface area contributed by atoms with E-state index >= 15 is 0 Å². The van der Waals surface area contributed by atoms with Gasteiger partial charge in [-0.15, -0.1) is 0 Å². The topological polar surface area (TPSA) is 54.4 Å². The highest BCUT2D eigenvalue weighted by atomic mass is 32.2. The lowest BCUT2D eigenvalue weighted by Crippen LogP contribution is -2.50. The summed E-state index contributed by atoms with van der Waals surface area (Å²) in [4.78, 5) is 0. The molecule has 0 atom stereocenters. The fourth-order valence-corrected chi connectivity index (χ4v) is 2.57. The second kappa shape index (κ2) is 10.8. The summed E-state index contributed by atoms with van der Waals surface area (Å²) in [5, 5.41) is 0. The Balaban J connectivity index is 0. The molecule has 0 aromatic rings. The molecule has 0 aliphatic heterocycles. The van der Waals surface area contributed by atoms with Gasteiger partial charge in [0.15, 0.2) is 0 Å². The van der Waals surface area contributed by atoms with Crippen LogP contribution >= 0.6 is 0 Å². The van der Waals surface area contributed by atoms with Gasteiger partial charge in [0.2, 0.25) is 0 Å². The summed E-state index contributed by atoms with van der Waals surface area (Å²) < 4.78 is 27.2. The molecule has 0 aliphatic rings. The Kier molecular flexibility index (Phi) is 12.1. The predicted molar refractivity (Wildman–Crippen MR) is 78.4 cm³/mol. The monoisotopic (exact) mass is 282 g/mol. The third kappa shape index (κ3) is 13.9. The lowest BCUT2D eigenvalue weighted by Gasteiger charge is -2.38. The van der Waals surface area contributed by atoms with E-state index in [-0.39, 0.29) is 0 Å². The first-order chi connectivity index (χ1) is 8.24. The minimum absolute atomic E-state index is 0.715. The number of quaternary nitrogens is 1. The van der Waals surface area contributed by atoms with Crippen molar-refractivity contribution in [3.8, 4) is 0 Å². The average Bonchev–Trinajstić information content (AvgIpc) is 2.16. The molecule has 0 radical (unpaired) electrons. The van der Waals surface area contributed by atoms with E-state index in [0.29, 0.717) is 6.26 Å². The summed E-state index contributed by atoms with van der Waals surface area (Å²) in [5.41, 5.74) is 0. The van der Waals surface area contributed by atoms with Gasteiger partial charge in [0.25, 0.3) is 10.1 Å². The van der Waals surface area contributed by atoms with Crippen molar-refractivity contribution in [2.45, 2.75) is 53.4 Å². The van der Waals surface area contributed by atoms with Crippen LogP contribution in [0.4, 0.5) is 0 Å². The zero-order valence-corrected chi connectivity index (χ0v) is 13.6. The van der Waals surface area contributed by atoms with Gasteiger partial charge < -0.3 is 4.48 Å². The Labute approximate surface area is 114 Å². The largest absolute Gasteiger partial charge is 0.324 e. The van der Waals surface area contributed by atoms with Crippen molar-refractivity contribution in [1.82, 2.24) is 0 Å². The molecular weight excluding hydrogens is 250 g/mol. The van der Waals surface area contributed by atoms with Gasteiger partial charge in [-0.25, -0.2) is 0 Å². The lowest BCUT2D eigenvalue weighted by molar-refractivity contribution is -0.928. The number of nitrogens with zero attached hydrogens (tertiary/aromatic N) is 1. The van der Waals surface area contributed by atoms with Crippen molar-refractivity contribution in [3.05, 3.63) is 0 Å². The van der Waals surface area contributed by atoms with E-state index in [2.05, 4.69) is 27.7 Å². The van der Waals surface area contributed by atoms with Crippen molar-refractivity contribution in [2.24, 2.45) is 0 Å². The van der Waals surface area contributed by atoms with Crippen LogP contribution in [0.2, 0.25) is 0 Å². The minimum Gasteiger partial charge on any atom is -0.324 e. The third-order valence-electron chi connectivity index (χ3n) is 2.79. The standard InChI is InChI=1S/C12H28N.CH4O3S/c1-5-9-13(10-6-2,11-7-3)12-8-4;1-5(2,3)4/h5-12H2,1-4H3;1H3,(H,2,3,4)/q+1;. The fourth-order valence-electron chi connectivity index (χ4n) is 2.57. The maximum atomic E-state index is 9.19. The van der Waals surface area contributed by atoms with Crippen LogP contribution in [0, 0.1) is 0 Å². The molecule has 18 heavy (non-hydrogen) atoms. The van der Waals surface area contributed by atoms with Crippen LogP contribution in [0.15, 0.2) is 0 Å². The highest BCUT2D eigenvalue weighted by Crippen LogP contribution is 2.12. The molecular formula is C13H32NO3S+. The van der Waals surface area contributed by atoms with Crippen LogP contribution in [0.5, 0.6) is 0 Å². The van der Waals surface area contributed by atoms with Crippen molar-refractivity contribution in [2.75, 3.05) is 32.4 Å². The molecule has 0 heterocycles. The highest BCUT2D eigenvalue weighted by molar-refractivity contribution is 7.85. The highest BCUT2D eigenvalue weighted by Gasteiger charge is 2.22. The Bertz CT molecular complexity index is 238. The molecule has 4 nitrogen and oxygen atoms in total. The summed E-state index contributed by atoms with van der Waals surface area (Å²) in [6, 6.07) is 0. The Hall–Kier alpha value is -0.130. The van der Waals surface area contributed by atoms with Crippen LogP contribution in [0.3, 0.4) is 0 Å². The van der Waals surface area contributed by atoms with E-state index in [1.165, 1.54) is 56.3 Å².